The third kappa shape index (κ3) is 3.27. The summed E-state index contributed by atoms with van der Waals surface area (Å²) in [6.07, 6.45) is 1.22. The van der Waals surface area contributed by atoms with Crippen molar-refractivity contribution >= 4 is 18.4 Å². The van der Waals surface area contributed by atoms with Gasteiger partial charge in [0.25, 0.3) is 0 Å². The smallest absolute Gasteiger partial charge is 0.0656 e. The van der Waals surface area contributed by atoms with Crippen molar-refractivity contribution in [3.05, 3.63) is 81.6 Å². The lowest BCUT2D eigenvalue weighted by Gasteiger charge is -2.38. The summed E-state index contributed by atoms with van der Waals surface area (Å²) in [5.74, 6) is 0.546. The Morgan fingerprint density at radius 3 is 1.85 bits per heavy atom. The fourth-order valence-electron chi connectivity index (χ4n) is 5.27. The SMILES string of the molecule is CCC[Si](C1=C(C)C(C)=C(C)C1C)(c1ccccc1)c1cc(C)cc(C)c1. The van der Waals surface area contributed by atoms with Gasteiger partial charge in [-0.1, -0.05) is 96.3 Å². The van der Waals surface area contributed by atoms with Crippen molar-refractivity contribution in [2.75, 3.05) is 0 Å². The Morgan fingerprint density at radius 2 is 1.37 bits per heavy atom. The van der Waals surface area contributed by atoms with Crippen molar-refractivity contribution in [2.24, 2.45) is 5.92 Å². The van der Waals surface area contributed by atoms with Crippen molar-refractivity contribution < 1.29 is 0 Å². The Bertz CT molecular complexity index is 881. The Labute approximate surface area is 167 Å². The highest BCUT2D eigenvalue weighted by Gasteiger charge is 2.45. The van der Waals surface area contributed by atoms with E-state index in [2.05, 4.69) is 97.0 Å². The van der Waals surface area contributed by atoms with Crippen LogP contribution in [-0.4, -0.2) is 8.07 Å². The third-order valence-electron chi connectivity index (χ3n) is 6.71. The van der Waals surface area contributed by atoms with Crippen LogP contribution in [0.1, 0.15) is 52.2 Å². The zero-order valence-electron chi connectivity index (χ0n) is 18.1. The first-order valence-electron chi connectivity index (χ1n) is 10.4. The van der Waals surface area contributed by atoms with Gasteiger partial charge in [0, 0.05) is 0 Å². The van der Waals surface area contributed by atoms with Crippen LogP contribution in [0.2, 0.25) is 6.04 Å². The van der Waals surface area contributed by atoms with Crippen LogP contribution in [0.15, 0.2) is 70.4 Å². The molecule has 2 aromatic rings. The molecule has 1 aliphatic carbocycles. The van der Waals surface area contributed by atoms with Crippen LogP contribution >= 0.6 is 0 Å². The molecule has 3 rings (SSSR count). The molecule has 1 aliphatic rings. The number of rotatable bonds is 5. The molecule has 0 amide bonds. The summed E-state index contributed by atoms with van der Waals surface area (Å²) in [6, 6.07) is 20.0. The van der Waals surface area contributed by atoms with Crippen molar-refractivity contribution in [3.8, 4) is 0 Å². The molecule has 0 spiro atoms. The number of aryl methyl sites for hydroxylation is 2. The molecule has 2 atom stereocenters. The van der Waals surface area contributed by atoms with Crippen LogP contribution < -0.4 is 10.4 Å². The van der Waals surface area contributed by atoms with Gasteiger partial charge in [-0.25, -0.2) is 0 Å². The van der Waals surface area contributed by atoms with E-state index in [1.807, 2.05) is 0 Å². The molecule has 2 aromatic carbocycles. The lowest BCUT2D eigenvalue weighted by Crippen LogP contribution is -2.61. The van der Waals surface area contributed by atoms with E-state index in [0.717, 1.165) is 0 Å². The number of hydrogen-bond acceptors (Lipinski definition) is 0. The molecule has 0 saturated heterocycles. The van der Waals surface area contributed by atoms with E-state index in [-0.39, 0.29) is 0 Å². The summed E-state index contributed by atoms with van der Waals surface area (Å²) >= 11 is 0. The van der Waals surface area contributed by atoms with Gasteiger partial charge in [-0.15, -0.1) is 0 Å². The predicted octanol–water partition coefficient (Wildman–Crippen LogP) is 6.12. The Balaban J connectivity index is 2.40. The average molecular weight is 375 g/mol. The monoisotopic (exact) mass is 374 g/mol. The molecule has 0 bridgehead atoms. The van der Waals surface area contributed by atoms with Crippen molar-refractivity contribution in [1.29, 1.82) is 0 Å². The summed E-state index contributed by atoms with van der Waals surface area (Å²) in [7, 11) is -2.05. The van der Waals surface area contributed by atoms with Gasteiger partial charge in [-0.3, -0.25) is 0 Å². The molecule has 1 heteroatoms. The van der Waals surface area contributed by atoms with E-state index in [1.165, 1.54) is 29.2 Å². The average Bonchev–Trinajstić information content (AvgIpc) is 2.83. The quantitative estimate of drug-likeness (QED) is 0.553. The topological polar surface area (TPSA) is 0 Å². The van der Waals surface area contributed by atoms with Gasteiger partial charge < -0.3 is 0 Å². The lowest BCUT2D eigenvalue weighted by atomic mass is 10.1. The number of hydrogen-bond donors (Lipinski definition) is 0. The first-order chi connectivity index (χ1) is 12.8. The minimum atomic E-state index is -2.05. The molecular weight excluding hydrogens is 340 g/mol. The van der Waals surface area contributed by atoms with Crippen LogP contribution in [0.4, 0.5) is 0 Å². The second-order valence-electron chi connectivity index (χ2n) is 8.47. The Kier molecular flexibility index (Phi) is 5.62. The van der Waals surface area contributed by atoms with Crippen LogP contribution in [0, 0.1) is 19.8 Å². The summed E-state index contributed by atoms with van der Waals surface area (Å²) in [5.41, 5.74) is 7.42. The maximum atomic E-state index is 2.48. The summed E-state index contributed by atoms with van der Waals surface area (Å²) < 4.78 is 0. The standard InChI is InChI=1S/C26H34Si/c1-8-14-27(24-12-10-9-11-13-24,25-16-18(2)15-19(3)17-25)26-22(6)20(4)21(5)23(26)7/h9-13,15-17,22H,8,14H2,1-7H3. The first-order valence-corrected chi connectivity index (χ1v) is 12.6. The normalized spacial score (nSPS) is 19.6. The summed E-state index contributed by atoms with van der Waals surface area (Å²) in [4.78, 5) is 0. The van der Waals surface area contributed by atoms with E-state index < -0.39 is 8.07 Å². The molecule has 0 aromatic heterocycles. The highest BCUT2D eigenvalue weighted by molar-refractivity contribution is 7.07. The largest absolute Gasteiger partial charge is 0.145 e. The predicted molar refractivity (Wildman–Crippen MR) is 123 cm³/mol. The van der Waals surface area contributed by atoms with Gasteiger partial charge in [0.15, 0.2) is 0 Å². The van der Waals surface area contributed by atoms with E-state index in [9.17, 15) is 0 Å². The zero-order chi connectivity index (χ0) is 19.8. The zero-order valence-corrected chi connectivity index (χ0v) is 19.1. The van der Waals surface area contributed by atoms with E-state index >= 15 is 0 Å². The highest BCUT2D eigenvalue weighted by Crippen LogP contribution is 2.42. The van der Waals surface area contributed by atoms with Gasteiger partial charge in [-0.2, -0.15) is 0 Å². The van der Waals surface area contributed by atoms with Gasteiger partial charge in [0.1, 0.15) is 8.07 Å². The van der Waals surface area contributed by atoms with Crippen molar-refractivity contribution in [1.82, 2.24) is 0 Å². The lowest BCUT2D eigenvalue weighted by molar-refractivity contribution is 0.845. The van der Waals surface area contributed by atoms with Crippen LogP contribution in [-0.2, 0) is 0 Å². The minimum absolute atomic E-state index is 0.546. The molecule has 0 saturated carbocycles. The summed E-state index contributed by atoms with van der Waals surface area (Å²) in [6.45, 7) is 16.3. The van der Waals surface area contributed by atoms with Gasteiger partial charge in [0.05, 0.1) is 0 Å². The molecule has 0 radical (unpaired) electrons. The van der Waals surface area contributed by atoms with E-state index in [0.29, 0.717) is 5.92 Å². The summed E-state index contributed by atoms with van der Waals surface area (Å²) in [5, 5.41) is 4.91. The van der Waals surface area contributed by atoms with Gasteiger partial charge in [-0.05, 0) is 62.5 Å². The maximum Gasteiger partial charge on any atom is 0.145 e. The Morgan fingerprint density at radius 1 is 0.778 bits per heavy atom. The molecule has 0 N–H and O–H groups in total. The molecular formula is C26H34Si. The fraction of sp³-hybridized carbons (Fsp3) is 0.385. The molecule has 0 fully saturated rings. The van der Waals surface area contributed by atoms with Gasteiger partial charge >= 0.3 is 0 Å². The molecule has 27 heavy (non-hydrogen) atoms. The van der Waals surface area contributed by atoms with Crippen LogP contribution in [0.5, 0.6) is 0 Å². The van der Waals surface area contributed by atoms with Crippen LogP contribution in [0.25, 0.3) is 0 Å². The molecule has 142 valence electrons. The molecule has 0 nitrogen and oxygen atoms in total. The minimum Gasteiger partial charge on any atom is -0.0656 e. The number of benzene rings is 2. The van der Waals surface area contributed by atoms with E-state index in [4.69, 9.17) is 0 Å². The van der Waals surface area contributed by atoms with Crippen LogP contribution in [0.3, 0.4) is 0 Å². The number of allylic oxidation sites excluding steroid dienone is 4. The van der Waals surface area contributed by atoms with E-state index in [1.54, 1.807) is 26.7 Å². The second-order valence-corrected chi connectivity index (χ2v) is 12.5. The van der Waals surface area contributed by atoms with Crippen molar-refractivity contribution in [3.63, 3.8) is 0 Å². The second kappa shape index (κ2) is 7.64. The fourth-order valence-corrected chi connectivity index (χ4v) is 11.3. The first kappa shape index (κ1) is 19.9. The highest BCUT2D eigenvalue weighted by atomic mass is 28.3. The van der Waals surface area contributed by atoms with Gasteiger partial charge in [0.2, 0.25) is 0 Å². The third-order valence-corrected chi connectivity index (χ3v) is 12.3. The molecule has 2 unspecified atom stereocenters. The molecule has 0 heterocycles. The van der Waals surface area contributed by atoms with Crippen molar-refractivity contribution in [2.45, 2.75) is 60.9 Å². The maximum absolute atomic E-state index is 2.48. The molecule has 0 aliphatic heterocycles. The Hall–Kier alpha value is -1.86.